The maximum Gasteiger partial charge on any atom is 0.416 e. The van der Waals surface area contributed by atoms with Gasteiger partial charge in [-0.2, -0.15) is 13.2 Å². The largest absolute Gasteiger partial charge is 0.497 e. The first-order valence-electron chi connectivity index (χ1n) is 11.1. The number of nitrogens with zero attached hydrogens (tertiary/aromatic N) is 2. The Hall–Kier alpha value is -3.36. The van der Waals surface area contributed by atoms with Gasteiger partial charge in [-0.05, 0) is 55.3 Å². The molecule has 2 saturated heterocycles. The average Bonchev–Trinajstić information content (AvgIpc) is 3.24. The van der Waals surface area contributed by atoms with Crippen molar-refractivity contribution in [1.29, 1.82) is 0 Å². The number of piperidine rings is 1. The van der Waals surface area contributed by atoms with Gasteiger partial charge in [-0.25, -0.2) is 0 Å². The van der Waals surface area contributed by atoms with Crippen LogP contribution in [0.2, 0.25) is 0 Å². The van der Waals surface area contributed by atoms with Gasteiger partial charge in [-0.3, -0.25) is 14.4 Å². The van der Waals surface area contributed by atoms with Crippen LogP contribution in [0.4, 0.5) is 18.9 Å². The summed E-state index contributed by atoms with van der Waals surface area (Å²) >= 11 is 0. The van der Waals surface area contributed by atoms with Crippen LogP contribution >= 0.6 is 0 Å². The Morgan fingerprint density at radius 2 is 1.68 bits per heavy atom. The fraction of sp³-hybridized carbons (Fsp3) is 0.400. The van der Waals surface area contributed by atoms with Crippen LogP contribution in [0, 0.1) is 11.8 Å². The standard InChI is InChI=1S/C25H25F3N2O4/c1-34-21-7-5-16(6-8-21)23(32)17-9-11-29(12-10-17)24(33)18-13-22(31)30(15-18)20-4-2-3-19(14-20)25(26,27)28/h2-8,14,17-18H,9-13,15H2,1H3. The highest BCUT2D eigenvalue weighted by molar-refractivity contribution is 6.01. The predicted molar refractivity (Wildman–Crippen MR) is 119 cm³/mol. The van der Waals surface area contributed by atoms with Gasteiger partial charge in [0, 0.05) is 43.2 Å². The van der Waals surface area contributed by atoms with Gasteiger partial charge in [0.25, 0.3) is 0 Å². The van der Waals surface area contributed by atoms with E-state index in [4.69, 9.17) is 4.74 Å². The van der Waals surface area contributed by atoms with Crippen molar-refractivity contribution in [3.63, 3.8) is 0 Å². The monoisotopic (exact) mass is 474 g/mol. The number of ketones is 1. The lowest BCUT2D eigenvalue weighted by atomic mass is 9.88. The number of likely N-dealkylation sites (tertiary alicyclic amines) is 1. The fourth-order valence-corrected chi connectivity index (χ4v) is 4.58. The topological polar surface area (TPSA) is 66.9 Å². The maximum atomic E-state index is 13.0. The number of Topliss-reactive ketones (excluding diaryl/α,β-unsaturated/α-hetero) is 1. The summed E-state index contributed by atoms with van der Waals surface area (Å²) in [6.07, 6.45) is -3.51. The van der Waals surface area contributed by atoms with Crippen LogP contribution in [0.1, 0.15) is 35.2 Å². The first kappa shape index (κ1) is 23.8. The van der Waals surface area contributed by atoms with E-state index in [1.54, 1.807) is 36.3 Å². The van der Waals surface area contributed by atoms with Crippen molar-refractivity contribution < 1.29 is 32.3 Å². The first-order chi connectivity index (χ1) is 16.2. The van der Waals surface area contributed by atoms with Crippen molar-refractivity contribution in [2.75, 3.05) is 31.6 Å². The third kappa shape index (κ3) is 4.93. The number of halogens is 3. The Morgan fingerprint density at radius 1 is 1.00 bits per heavy atom. The van der Waals surface area contributed by atoms with E-state index in [0.29, 0.717) is 37.2 Å². The average molecular weight is 474 g/mol. The number of methoxy groups -OCH3 is 1. The van der Waals surface area contributed by atoms with Crippen LogP contribution in [0.5, 0.6) is 5.75 Å². The molecule has 0 spiro atoms. The van der Waals surface area contributed by atoms with Gasteiger partial charge in [0.1, 0.15) is 5.75 Å². The number of amides is 2. The van der Waals surface area contributed by atoms with E-state index < -0.39 is 17.7 Å². The zero-order chi connectivity index (χ0) is 24.5. The van der Waals surface area contributed by atoms with Gasteiger partial charge in [-0.15, -0.1) is 0 Å². The highest BCUT2D eigenvalue weighted by Gasteiger charge is 2.39. The summed E-state index contributed by atoms with van der Waals surface area (Å²) in [6.45, 7) is 0.850. The molecular formula is C25H25F3N2O4. The van der Waals surface area contributed by atoms with Crippen LogP contribution in [-0.4, -0.2) is 49.2 Å². The minimum Gasteiger partial charge on any atom is -0.497 e. The normalized spacial score (nSPS) is 19.4. The minimum absolute atomic E-state index is 0.0292. The number of ether oxygens (including phenoxy) is 1. The number of rotatable bonds is 5. The molecule has 1 unspecified atom stereocenters. The van der Waals surface area contributed by atoms with Gasteiger partial charge in [-0.1, -0.05) is 6.07 Å². The molecule has 6 nitrogen and oxygen atoms in total. The lowest BCUT2D eigenvalue weighted by molar-refractivity contribution is -0.138. The molecule has 9 heteroatoms. The highest BCUT2D eigenvalue weighted by atomic mass is 19.4. The second-order valence-corrected chi connectivity index (χ2v) is 8.65. The molecule has 0 radical (unpaired) electrons. The van der Waals surface area contributed by atoms with E-state index in [1.165, 1.54) is 17.0 Å². The molecule has 0 bridgehead atoms. The third-order valence-electron chi connectivity index (χ3n) is 6.51. The Morgan fingerprint density at radius 3 is 2.29 bits per heavy atom. The van der Waals surface area contributed by atoms with E-state index in [0.717, 1.165) is 12.1 Å². The zero-order valence-electron chi connectivity index (χ0n) is 18.7. The van der Waals surface area contributed by atoms with E-state index >= 15 is 0 Å². The molecular weight excluding hydrogens is 449 g/mol. The van der Waals surface area contributed by atoms with Crippen molar-refractivity contribution in [3.05, 3.63) is 59.7 Å². The van der Waals surface area contributed by atoms with Crippen LogP contribution < -0.4 is 9.64 Å². The van der Waals surface area contributed by atoms with Crippen molar-refractivity contribution in [2.45, 2.75) is 25.4 Å². The highest BCUT2D eigenvalue weighted by Crippen LogP contribution is 2.34. The lowest BCUT2D eigenvalue weighted by Gasteiger charge is -2.33. The Balaban J connectivity index is 1.35. The Kier molecular flexibility index (Phi) is 6.63. The van der Waals surface area contributed by atoms with Gasteiger partial charge in [0.05, 0.1) is 18.6 Å². The molecule has 2 aromatic rings. The summed E-state index contributed by atoms with van der Waals surface area (Å²) in [7, 11) is 1.56. The van der Waals surface area contributed by atoms with Crippen LogP contribution in [0.15, 0.2) is 48.5 Å². The molecule has 2 aliphatic heterocycles. The van der Waals surface area contributed by atoms with Crippen LogP contribution in [0.25, 0.3) is 0 Å². The second kappa shape index (κ2) is 9.48. The fourth-order valence-electron chi connectivity index (χ4n) is 4.58. The molecule has 2 heterocycles. The minimum atomic E-state index is -4.51. The molecule has 0 saturated carbocycles. The number of anilines is 1. The van der Waals surface area contributed by atoms with E-state index in [2.05, 4.69) is 0 Å². The molecule has 0 aromatic heterocycles. The SMILES string of the molecule is COc1ccc(C(=O)C2CCN(C(=O)C3CC(=O)N(c4cccc(C(F)(F)F)c4)C3)CC2)cc1. The molecule has 2 amide bonds. The second-order valence-electron chi connectivity index (χ2n) is 8.65. The van der Waals surface area contributed by atoms with Crippen molar-refractivity contribution in [1.82, 2.24) is 4.90 Å². The molecule has 0 aliphatic carbocycles. The summed E-state index contributed by atoms with van der Waals surface area (Å²) < 4.78 is 44.2. The molecule has 4 rings (SSSR count). The van der Waals surface area contributed by atoms with Gasteiger partial charge in [0.15, 0.2) is 5.78 Å². The Bertz CT molecular complexity index is 1080. The number of alkyl halides is 3. The van der Waals surface area contributed by atoms with E-state index in [9.17, 15) is 27.6 Å². The lowest BCUT2D eigenvalue weighted by Crippen LogP contribution is -2.43. The van der Waals surface area contributed by atoms with Crippen LogP contribution in [0.3, 0.4) is 0 Å². The number of hydrogen-bond acceptors (Lipinski definition) is 4. The number of benzene rings is 2. The summed E-state index contributed by atoms with van der Waals surface area (Å²) in [5.74, 6) is -0.677. The van der Waals surface area contributed by atoms with Crippen molar-refractivity contribution >= 4 is 23.3 Å². The zero-order valence-corrected chi connectivity index (χ0v) is 18.7. The van der Waals surface area contributed by atoms with E-state index in [1.807, 2.05) is 0 Å². The molecule has 2 fully saturated rings. The van der Waals surface area contributed by atoms with Crippen molar-refractivity contribution in [3.8, 4) is 5.75 Å². The number of hydrogen-bond donors (Lipinski definition) is 0. The molecule has 180 valence electrons. The summed E-state index contributed by atoms with van der Waals surface area (Å²) in [5.41, 5.74) is -0.0983. The molecule has 1 atom stereocenters. The summed E-state index contributed by atoms with van der Waals surface area (Å²) in [5, 5.41) is 0. The summed E-state index contributed by atoms with van der Waals surface area (Å²) in [6, 6.07) is 11.5. The van der Waals surface area contributed by atoms with Gasteiger partial charge >= 0.3 is 6.18 Å². The van der Waals surface area contributed by atoms with Crippen LogP contribution in [-0.2, 0) is 15.8 Å². The number of carbonyl (C=O) groups excluding carboxylic acids is 3. The molecule has 2 aliphatic rings. The van der Waals surface area contributed by atoms with Crippen molar-refractivity contribution in [2.24, 2.45) is 11.8 Å². The predicted octanol–water partition coefficient (Wildman–Crippen LogP) is 4.19. The maximum absolute atomic E-state index is 13.0. The van der Waals surface area contributed by atoms with Gasteiger partial charge < -0.3 is 14.5 Å². The van der Waals surface area contributed by atoms with E-state index in [-0.39, 0.29) is 42.2 Å². The summed E-state index contributed by atoms with van der Waals surface area (Å²) in [4.78, 5) is 41.2. The molecule has 34 heavy (non-hydrogen) atoms. The number of carbonyl (C=O) groups is 3. The first-order valence-corrected chi connectivity index (χ1v) is 11.1. The molecule has 2 aromatic carbocycles. The smallest absolute Gasteiger partial charge is 0.416 e. The third-order valence-corrected chi connectivity index (χ3v) is 6.51. The molecule has 0 N–H and O–H groups in total. The quantitative estimate of drug-likeness (QED) is 0.610. The van der Waals surface area contributed by atoms with Gasteiger partial charge in [0.2, 0.25) is 11.8 Å². The Labute approximate surface area is 195 Å².